The summed E-state index contributed by atoms with van der Waals surface area (Å²) in [5.74, 6) is 0.671. The van der Waals surface area contributed by atoms with Gasteiger partial charge in [0.15, 0.2) is 5.78 Å². The minimum absolute atomic E-state index is 0.212. The van der Waals surface area contributed by atoms with Gasteiger partial charge < -0.3 is 24.8 Å². The fraction of sp³-hybridized carbons (Fsp3) is 0.267. The van der Waals surface area contributed by atoms with Gasteiger partial charge in [-0.05, 0) is 97.5 Å². The predicted octanol–water partition coefficient (Wildman–Crippen LogP) is 9.93. The van der Waals surface area contributed by atoms with E-state index in [0.717, 1.165) is 39.3 Å². The maximum Gasteiger partial charge on any atom is 0.273 e. The van der Waals surface area contributed by atoms with Gasteiger partial charge in [-0.1, -0.05) is 105 Å². The number of carbonyl (C=O) groups is 3. The van der Waals surface area contributed by atoms with Crippen LogP contribution in [-0.4, -0.2) is 30.3 Å². The lowest BCUT2D eigenvalue weighted by Crippen LogP contribution is -2.45. The third-order valence-electron chi connectivity index (χ3n) is 8.62. The van der Waals surface area contributed by atoms with Crippen LogP contribution in [0.15, 0.2) is 115 Å². The minimum atomic E-state index is -1.45. The van der Waals surface area contributed by atoms with Crippen molar-refractivity contribution in [2.24, 2.45) is 5.41 Å². The van der Waals surface area contributed by atoms with Gasteiger partial charge in [-0.2, -0.15) is 0 Å². The van der Waals surface area contributed by atoms with E-state index in [1.54, 1.807) is 51.1 Å². The molecule has 5 rings (SSSR count). The number of rotatable bonds is 16. The molecule has 9 heteroatoms. The molecule has 280 valence electrons. The van der Waals surface area contributed by atoms with Crippen molar-refractivity contribution in [2.75, 3.05) is 17.2 Å². The minimum Gasteiger partial charge on any atom is -0.493 e. The summed E-state index contributed by atoms with van der Waals surface area (Å²) < 4.78 is 17.8. The summed E-state index contributed by atoms with van der Waals surface area (Å²) in [5.41, 5.74) is 5.25. The maximum atomic E-state index is 13.7. The molecular formula is C45H47ClN2O6. The molecule has 1 atom stereocenters. The maximum absolute atomic E-state index is 13.7. The van der Waals surface area contributed by atoms with Crippen molar-refractivity contribution in [3.05, 3.63) is 148 Å². The van der Waals surface area contributed by atoms with E-state index in [1.807, 2.05) is 92.7 Å². The standard InChI is InChI=1S/C45H47ClN2O6/c1-30-13-24-40(31(2)26-30)52-25-9-12-41(49)47-35-18-23-38(46)39(28-35)48-44(51)42(43(50)45(3,4)5)54-37-21-16-33(17-22-37)27-32-14-19-36(20-15-32)53-29-34-10-7-6-8-11-34/h6-8,10-11,13-24,26,28,42H,9,12,25,27,29H2,1-5H3,(H,47,49)(H,48,51). The quantitative estimate of drug-likeness (QED) is 0.0770. The van der Waals surface area contributed by atoms with Gasteiger partial charge in [0.05, 0.1) is 17.3 Å². The molecule has 0 saturated carbocycles. The third kappa shape index (κ3) is 11.7. The summed E-state index contributed by atoms with van der Waals surface area (Å²) in [6.07, 6.45) is -0.0223. The van der Waals surface area contributed by atoms with Crippen molar-refractivity contribution in [3.8, 4) is 17.2 Å². The molecule has 0 radical (unpaired) electrons. The second-order valence-corrected chi connectivity index (χ2v) is 14.7. The number of carbonyl (C=O) groups excluding carboxylic acids is 3. The summed E-state index contributed by atoms with van der Waals surface area (Å²) in [7, 11) is 0. The lowest BCUT2D eigenvalue weighted by atomic mass is 9.87. The summed E-state index contributed by atoms with van der Waals surface area (Å²) in [6, 6.07) is 36.0. The monoisotopic (exact) mass is 746 g/mol. The van der Waals surface area contributed by atoms with E-state index in [4.69, 9.17) is 25.8 Å². The number of halogens is 1. The Bertz CT molecular complexity index is 2040. The zero-order valence-electron chi connectivity index (χ0n) is 31.4. The van der Waals surface area contributed by atoms with Crippen molar-refractivity contribution in [2.45, 2.75) is 66.6 Å². The SMILES string of the molecule is Cc1ccc(OCCCC(=O)Nc2ccc(Cl)c(NC(=O)C(Oc3ccc(Cc4ccc(OCc5ccccc5)cc4)cc3)C(=O)C(C)(C)C)c2)c(C)c1. The highest BCUT2D eigenvalue weighted by atomic mass is 35.5. The molecule has 0 fully saturated rings. The zero-order chi connectivity index (χ0) is 38.7. The van der Waals surface area contributed by atoms with Gasteiger partial charge in [0, 0.05) is 17.5 Å². The summed E-state index contributed by atoms with van der Waals surface area (Å²) in [5, 5.41) is 5.83. The Kier molecular flexibility index (Phi) is 13.5. The van der Waals surface area contributed by atoms with Gasteiger partial charge >= 0.3 is 0 Å². The van der Waals surface area contributed by atoms with E-state index in [-0.39, 0.29) is 23.0 Å². The number of anilines is 2. The van der Waals surface area contributed by atoms with E-state index in [9.17, 15) is 14.4 Å². The molecule has 0 aliphatic rings. The fourth-order valence-corrected chi connectivity index (χ4v) is 5.78. The zero-order valence-corrected chi connectivity index (χ0v) is 32.2. The highest BCUT2D eigenvalue weighted by Gasteiger charge is 2.37. The second-order valence-electron chi connectivity index (χ2n) is 14.3. The molecule has 2 amide bonds. The molecular weight excluding hydrogens is 700 g/mol. The highest BCUT2D eigenvalue weighted by Crippen LogP contribution is 2.28. The van der Waals surface area contributed by atoms with Crippen LogP contribution in [0.5, 0.6) is 17.2 Å². The molecule has 54 heavy (non-hydrogen) atoms. The van der Waals surface area contributed by atoms with E-state index in [1.165, 1.54) is 0 Å². The van der Waals surface area contributed by atoms with Gasteiger partial charge in [-0.3, -0.25) is 14.4 Å². The van der Waals surface area contributed by atoms with Crippen LogP contribution in [0.4, 0.5) is 11.4 Å². The van der Waals surface area contributed by atoms with Gasteiger partial charge in [0.25, 0.3) is 5.91 Å². The van der Waals surface area contributed by atoms with Crippen molar-refractivity contribution < 1.29 is 28.6 Å². The molecule has 0 spiro atoms. The predicted molar refractivity (Wildman–Crippen MR) is 215 cm³/mol. The Balaban J connectivity index is 1.16. The van der Waals surface area contributed by atoms with Crippen molar-refractivity contribution in [3.63, 3.8) is 0 Å². The molecule has 0 bridgehead atoms. The van der Waals surface area contributed by atoms with E-state index < -0.39 is 23.2 Å². The molecule has 0 aliphatic heterocycles. The van der Waals surface area contributed by atoms with Crippen LogP contribution in [0, 0.1) is 19.3 Å². The van der Waals surface area contributed by atoms with Crippen molar-refractivity contribution in [1.29, 1.82) is 0 Å². The largest absolute Gasteiger partial charge is 0.493 e. The number of hydrogen-bond acceptors (Lipinski definition) is 6. The molecule has 1 unspecified atom stereocenters. The molecule has 0 saturated heterocycles. The molecule has 5 aromatic carbocycles. The first kappa shape index (κ1) is 39.6. The van der Waals surface area contributed by atoms with Gasteiger partial charge in [0.2, 0.25) is 12.0 Å². The molecule has 0 aromatic heterocycles. The van der Waals surface area contributed by atoms with Crippen molar-refractivity contribution in [1.82, 2.24) is 0 Å². The Labute approximate surface area is 322 Å². The third-order valence-corrected chi connectivity index (χ3v) is 8.95. The van der Waals surface area contributed by atoms with E-state index in [2.05, 4.69) is 16.7 Å². The number of amides is 2. The number of ether oxygens (including phenoxy) is 3. The van der Waals surface area contributed by atoms with E-state index >= 15 is 0 Å². The van der Waals surface area contributed by atoms with Crippen LogP contribution in [-0.2, 0) is 27.4 Å². The number of ketones is 1. The molecule has 2 N–H and O–H groups in total. The first-order chi connectivity index (χ1) is 25.8. The topological polar surface area (TPSA) is 103 Å². The second kappa shape index (κ2) is 18.4. The first-order valence-electron chi connectivity index (χ1n) is 18.0. The average Bonchev–Trinajstić information content (AvgIpc) is 3.14. The fourth-order valence-electron chi connectivity index (χ4n) is 5.62. The number of nitrogens with one attached hydrogen (secondary N) is 2. The van der Waals surface area contributed by atoms with E-state index in [0.29, 0.717) is 37.5 Å². The van der Waals surface area contributed by atoms with Gasteiger partial charge in [-0.25, -0.2) is 0 Å². The molecule has 0 heterocycles. The Morgan fingerprint density at radius 1 is 0.722 bits per heavy atom. The number of aryl methyl sites for hydroxylation is 2. The average molecular weight is 747 g/mol. The number of benzene rings is 5. The van der Waals surface area contributed by atoms with Crippen LogP contribution in [0.3, 0.4) is 0 Å². The number of Topliss-reactive ketones (excluding diaryl/α,β-unsaturated/α-hetero) is 1. The lowest BCUT2D eigenvalue weighted by molar-refractivity contribution is -0.140. The Morgan fingerprint density at radius 3 is 2.04 bits per heavy atom. The van der Waals surface area contributed by atoms with Crippen LogP contribution in [0.2, 0.25) is 5.02 Å². The van der Waals surface area contributed by atoms with Gasteiger partial charge in [-0.15, -0.1) is 0 Å². The highest BCUT2D eigenvalue weighted by molar-refractivity contribution is 6.34. The summed E-state index contributed by atoms with van der Waals surface area (Å²) in [4.78, 5) is 39.9. The smallest absolute Gasteiger partial charge is 0.273 e. The Hall–Kier alpha value is -5.60. The van der Waals surface area contributed by atoms with Crippen LogP contribution >= 0.6 is 11.6 Å². The molecule has 5 aromatic rings. The first-order valence-corrected chi connectivity index (χ1v) is 18.4. The number of hydrogen-bond donors (Lipinski definition) is 2. The summed E-state index contributed by atoms with van der Waals surface area (Å²) in [6.45, 7) is 10.1. The summed E-state index contributed by atoms with van der Waals surface area (Å²) >= 11 is 6.45. The van der Waals surface area contributed by atoms with Crippen molar-refractivity contribution >= 4 is 40.6 Å². The normalized spacial score (nSPS) is 11.7. The van der Waals surface area contributed by atoms with Crippen LogP contribution in [0.1, 0.15) is 61.4 Å². The molecule has 0 aliphatic carbocycles. The van der Waals surface area contributed by atoms with Crippen LogP contribution in [0.25, 0.3) is 0 Å². The molecule has 8 nitrogen and oxygen atoms in total. The Morgan fingerprint density at radius 2 is 1.39 bits per heavy atom. The van der Waals surface area contributed by atoms with Crippen LogP contribution < -0.4 is 24.8 Å². The van der Waals surface area contributed by atoms with Gasteiger partial charge in [0.1, 0.15) is 23.9 Å². The lowest BCUT2D eigenvalue weighted by Gasteiger charge is -2.25.